The van der Waals surface area contributed by atoms with Gasteiger partial charge >= 0.3 is 5.97 Å². The predicted molar refractivity (Wildman–Crippen MR) is 134 cm³/mol. The van der Waals surface area contributed by atoms with Crippen molar-refractivity contribution < 1.29 is 14.3 Å². The van der Waals surface area contributed by atoms with Crippen molar-refractivity contribution in [3.63, 3.8) is 0 Å². The Morgan fingerprint density at radius 3 is 2.73 bits per heavy atom. The highest BCUT2D eigenvalue weighted by molar-refractivity contribution is 7.21. The van der Waals surface area contributed by atoms with Gasteiger partial charge in [0, 0.05) is 15.8 Å². The van der Waals surface area contributed by atoms with E-state index in [1.165, 1.54) is 22.7 Å². The summed E-state index contributed by atoms with van der Waals surface area (Å²) in [6, 6.07) is 3.82. The predicted octanol–water partition coefficient (Wildman–Crippen LogP) is 4.57. The number of hydrogen-bond acceptors (Lipinski definition) is 9. The first-order valence-corrected chi connectivity index (χ1v) is 12.7. The lowest BCUT2D eigenvalue weighted by atomic mass is 10.1. The van der Waals surface area contributed by atoms with Crippen LogP contribution in [0.1, 0.15) is 38.3 Å². The number of amides is 1. The van der Waals surface area contributed by atoms with Crippen LogP contribution in [0.25, 0.3) is 20.7 Å². The van der Waals surface area contributed by atoms with E-state index in [0.29, 0.717) is 43.6 Å². The van der Waals surface area contributed by atoms with E-state index < -0.39 is 11.9 Å². The molecule has 0 saturated carbocycles. The summed E-state index contributed by atoms with van der Waals surface area (Å²) in [5.41, 5.74) is 1.35. The van der Waals surface area contributed by atoms with Crippen LogP contribution in [0.4, 0.5) is 5.00 Å². The summed E-state index contributed by atoms with van der Waals surface area (Å²) < 4.78 is 5.25. The summed E-state index contributed by atoms with van der Waals surface area (Å²) in [5, 5.41) is 7.44. The molecule has 0 aromatic carbocycles. The van der Waals surface area contributed by atoms with Crippen molar-refractivity contribution in [3.05, 3.63) is 55.1 Å². The standard InChI is InChI=1S/C22H22N4O4S3/c1-5-30-22(29)16-12(13-7-6-8-31-13)10-32-20(16)25-19(28)17-11(2)15-18(27)23-14(9-26(3)4)24-21(15)33-17/h6-8,10H,5,9H2,1-4H3,(H,25,28)(H,23,24,27). The van der Waals surface area contributed by atoms with E-state index in [9.17, 15) is 14.4 Å². The van der Waals surface area contributed by atoms with Crippen molar-refractivity contribution in [2.24, 2.45) is 0 Å². The van der Waals surface area contributed by atoms with Crippen LogP contribution in [0.2, 0.25) is 0 Å². The number of carbonyl (C=O) groups is 2. The summed E-state index contributed by atoms with van der Waals surface area (Å²) in [5.74, 6) is -0.347. The Hall–Kier alpha value is -2.86. The van der Waals surface area contributed by atoms with E-state index in [1.807, 2.05) is 41.9 Å². The molecule has 11 heteroatoms. The molecule has 4 rings (SSSR count). The monoisotopic (exact) mass is 502 g/mol. The molecule has 0 aliphatic heterocycles. The van der Waals surface area contributed by atoms with Gasteiger partial charge in [-0.05, 0) is 45.0 Å². The number of hydrogen-bond donors (Lipinski definition) is 2. The van der Waals surface area contributed by atoms with E-state index in [0.717, 1.165) is 21.8 Å². The molecule has 0 aliphatic carbocycles. The summed E-state index contributed by atoms with van der Waals surface area (Å²) in [7, 11) is 3.77. The number of ether oxygens (including phenoxy) is 1. The van der Waals surface area contributed by atoms with Gasteiger partial charge in [-0.3, -0.25) is 9.59 Å². The lowest BCUT2D eigenvalue weighted by Crippen LogP contribution is -2.18. The minimum absolute atomic E-state index is 0.227. The van der Waals surface area contributed by atoms with Crippen LogP contribution in [-0.2, 0) is 11.3 Å². The Morgan fingerprint density at radius 1 is 1.27 bits per heavy atom. The third-order valence-electron chi connectivity index (χ3n) is 4.81. The van der Waals surface area contributed by atoms with Crippen LogP contribution in [-0.4, -0.2) is 47.4 Å². The SMILES string of the molecule is CCOC(=O)c1c(-c2cccs2)csc1NC(=O)c1sc2nc(CN(C)C)[nH]c(=O)c2c1C. The second-order valence-corrected chi connectivity index (χ2v) is 10.3. The Morgan fingerprint density at radius 2 is 2.06 bits per heavy atom. The maximum atomic E-state index is 13.2. The fourth-order valence-corrected chi connectivity index (χ4v) is 6.27. The number of aromatic amines is 1. The number of thiophene rings is 3. The Balaban J connectivity index is 1.71. The van der Waals surface area contributed by atoms with Gasteiger partial charge in [0.05, 0.1) is 23.4 Å². The van der Waals surface area contributed by atoms with Crippen LogP contribution in [0.5, 0.6) is 0 Å². The van der Waals surface area contributed by atoms with E-state index >= 15 is 0 Å². The van der Waals surface area contributed by atoms with Crippen LogP contribution in [0, 0.1) is 6.92 Å². The van der Waals surface area contributed by atoms with Gasteiger partial charge < -0.3 is 19.9 Å². The van der Waals surface area contributed by atoms with Gasteiger partial charge in [-0.15, -0.1) is 34.0 Å². The van der Waals surface area contributed by atoms with Crippen LogP contribution >= 0.6 is 34.0 Å². The summed E-state index contributed by atoms with van der Waals surface area (Å²) >= 11 is 3.94. The van der Waals surface area contributed by atoms with Gasteiger partial charge in [-0.2, -0.15) is 0 Å². The smallest absolute Gasteiger partial charge is 0.341 e. The zero-order valence-corrected chi connectivity index (χ0v) is 20.9. The molecule has 0 aliphatic rings. The molecule has 172 valence electrons. The van der Waals surface area contributed by atoms with E-state index in [2.05, 4.69) is 15.3 Å². The normalized spacial score (nSPS) is 11.3. The second kappa shape index (κ2) is 9.56. The summed E-state index contributed by atoms with van der Waals surface area (Å²) in [6.45, 7) is 4.18. The molecular formula is C22H22N4O4S3. The highest BCUT2D eigenvalue weighted by Crippen LogP contribution is 2.39. The molecular weight excluding hydrogens is 480 g/mol. The Kier molecular flexibility index (Phi) is 6.75. The highest BCUT2D eigenvalue weighted by atomic mass is 32.1. The number of fused-ring (bicyclic) bond motifs is 1. The number of anilines is 1. The minimum atomic E-state index is -0.489. The Labute approximate surface area is 201 Å². The third kappa shape index (κ3) is 4.62. The minimum Gasteiger partial charge on any atom is -0.462 e. The molecule has 4 aromatic rings. The van der Waals surface area contributed by atoms with E-state index in [4.69, 9.17) is 4.74 Å². The zero-order valence-electron chi connectivity index (χ0n) is 18.5. The summed E-state index contributed by atoms with van der Waals surface area (Å²) in [6.07, 6.45) is 0. The molecule has 0 saturated heterocycles. The molecule has 8 nitrogen and oxygen atoms in total. The van der Waals surface area contributed by atoms with Crippen molar-refractivity contribution in [1.82, 2.24) is 14.9 Å². The maximum Gasteiger partial charge on any atom is 0.341 e. The first-order chi connectivity index (χ1) is 15.8. The van der Waals surface area contributed by atoms with Gasteiger partial charge in [-0.25, -0.2) is 9.78 Å². The van der Waals surface area contributed by atoms with Gasteiger partial charge in [0.15, 0.2) is 0 Å². The van der Waals surface area contributed by atoms with Gasteiger partial charge in [0.25, 0.3) is 11.5 Å². The number of aryl methyl sites for hydroxylation is 1. The Bertz CT molecular complexity index is 1380. The van der Waals surface area contributed by atoms with Crippen LogP contribution < -0.4 is 10.9 Å². The number of esters is 1. The molecule has 0 fully saturated rings. The van der Waals surface area contributed by atoms with Crippen molar-refractivity contribution in [2.75, 3.05) is 26.0 Å². The zero-order chi connectivity index (χ0) is 23.7. The maximum absolute atomic E-state index is 13.2. The number of H-pyrrole nitrogens is 1. The largest absolute Gasteiger partial charge is 0.462 e. The third-order valence-corrected chi connectivity index (χ3v) is 7.79. The molecule has 4 heterocycles. The quantitative estimate of drug-likeness (QED) is 0.359. The van der Waals surface area contributed by atoms with Crippen molar-refractivity contribution >= 4 is 61.1 Å². The average molecular weight is 503 g/mol. The number of aromatic nitrogens is 2. The molecule has 33 heavy (non-hydrogen) atoms. The summed E-state index contributed by atoms with van der Waals surface area (Å²) in [4.78, 5) is 49.6. The number of nitrogens with one attached hydrogen (secondary N) is 2. The molecule has 2 N–H and O–H groups in total. The van der Waals surface area contributed by atoms with E-state index in [-0.39, 0.29) is 12.2 Å². The lowest BCUT2D eigenvalue weighted by Gasteiger charge is -2.08. The van der Waals surface area contributed by atoms with Gasteiger partial charge in [0.2, 0.25) is 0 Å². The highest BCUT2D eigenvalue weighted by Gasteiger charge is 2.25. The molecule has 0 atom stereocenters. The van der Waals surface area contributed by atoms with Gasteiger partial charge in [0.1, 0.15) is 21.2 Å². The van der Waals surface area contributed by atoms with Crippen LogP contribution in [0.15, 0.2) is 27.7 Å². The number of nitrogens with zero attached hydrogens (tertiary/aromatic N) is 2. The lowest BCUT2D eigenvalue weighted by molar-refractivity contribution is 0.0529. The molecule has 4 aromatic heterocycles. The molecule has 0 unspecified atom stereocenters. The molecule has 0 spiro atoms. The van der Waals surface area contributed by atoms with Crippen molar-refractivity contribution in [1.29, 1.82) is 0 Å². The second-order valence-electron chi connectivity index (χ2n) is 7.49. The first kappa shape index (κ1) is 23.3. The average Bonchev–Trinajstić information content (AvgIpc) is 3.46. The molecule has 0 bridgehead atoms. The molecule has 0 radical (unpaired) electrons. The topological polar surface area (TPSA) is 104 Å². The van der Waals surface area contributed by atoms with Gasteiger partial charge in [-0.1, -0.05) is 6.07 Å². The van der Waals surface area contributed by atoms with Crippen molar-refractivity contribution in [3.8, 4) is 10.4 Å². The first-order valence-electron chi connectivity index (χ1n) is 10.1. The fourth-order valence-electron chi connectivity index (χ4n) is 3.41. The van der Waals surface area contributed by atoms with Crippen molar-refractivity contribution in [2.45, 2.75) is 20.4 Å². The van der Waals surface area contributed by atoms with Crippen LogP contribution in [0.3, 0.4) is 0 Å². The van der Waals surface area contributed by atoms with E-state index in [1.54, 1.807) is 13.8 Å². The fraction of sp³-hybridized carbons (Fsp3) is 0.273. The molecule has 1 amide bonds. The number of carbonyl (C=O) groups excluding carboxylic acids is 2. The number of rotatable bonds is 7.